The first-order valence-electron chi connectivity index (χ1n) is 16.2. The highest BCUT2D eigenvalue weighted by Crippen LogP contribution is 2.32. The molecule has 0 fully saturated rings. The summed E-state index contributed by atoms with van der Waals surface area (Å²) in [7, 11) is 0. The molecule has 46 heavy (non-hydrogen) atoms. The first-order chi connectivity index (χ1) is 22.3. The second kappa shape index (κ2) is 16.1. The molecule has 0 radical (unpaired) electrons. The van der Waals surface area contributed by atoms with E-state index in [0.717, 1.165) is 35.1 Å². The van der Waals surface area contributed by atoms with E-state index in [1.807, 2.05) is 42.5 Å². The van der Waals surface area contributed by atoms with Gasteiger partial charge in [-0.25, -0.2) is 0 Å². The van der Waals surface area contributed by atoms with E-state index in [4.69, 9.17) is 18.9 Å². The minimum absolute atomic E-state index is 0.117. The molecule has 0 saturated carbocycles. The number of unbranched alkanes of at least 4 members (excludes halogenated alkanes) is 1. The van der Waals surface area contributed by atoms with Crippen LogP contribution in [0.3, 0.4) is 0 Å². The fourth-order valence-electron chi connectivity index (χ4n) is 5.44. The number of aliphatic hydroxyl groups excluding tert-OH is 2. The van der Waals surface area contributed by atoms with E-state index in [9.17, 15) is 10.2 Å². The van der Waals surface area contributed by atoms with Crippen LogP contribution in [-0.2, 0) is 14.9 Å². The van der Waals surface area contributed by atoms with Gasteiger partial charge in [-0.2, -0.15) is 0 Å². The maximum Gasteiger partial charge on any atom is 0.120 e. The van der Waals surface area contributed by atoms with Crippen molar-refractivity contribution in [3.8, 4) is 11.5 Å². The van der Waals surface area contributed by atoms with Crippen LogP contribution in [0.25, 0.3) is 21.5 Å². The summed E-state index contributed by atoms with van der Waals surface area (Å²) in [6, 6.07) is 35.3. The summed E-state index contributed by atoms with van der Waals surface area (Å²) in [6.45, 7) is 8.32. The molecule has 6 heteroatoms. The van der Waals surface area contributed by atoms with Gasteiger partial charge in [0.05, 0.1) is 13.2 Å². The van der Waals surface area contributed by atoms with Crippen molar-refractivity contribution in [3.05, 3.63) is 120 Å². The van der Waals surface area contributed by atoms with Gasteiger partial charge in [-0.15, -0.1) is 0 Å². The Balaban J connectivity index is 0.905. The number of ether oxygens (including phenoxy) is 4. The summed E-state index contributed by atoms with van der Waals surface area (Å²) in [5.74, 6) is 1.45. The molecule has 0 spiro atoms. The van der Waals surface area contributed by atoms with Gasteiger partial charge in [0.15, 0.2) is 0 Å². The van der Waals surface area contributed by atoms with E-state index in [1.165, 1.54) is 27.5 Å². The molecule has 0 aromatic heterocycles. The van der Waals surface area contributed by atoms with E-state index < -0.39 is 12.2 Å². The molecule has 2 unspecified atom stereocenters. The number of aliphatic hydroxyl groups is 2. The van der Waals surface area contributed by atoms with Crippen molar-refractivity contribution in [1.82, 2.24) is 0 Å². The third-order valence-corrected chi connectivity index (χ3v) is 8.36. The van der Waals surface area contributed by atoms with Crippen LogP contribution in [0.1, 0.15) is 43.4 Å². The number of benzene rings is 5. The highest BCUT2D eigenvalue weighted by Gasteiger charge is 2.23. The highest BCUT2D eigenvalue weighted by molar-refractivity contribution is 5.98. The minimum atomic E-state index is -0.713. The topological polar surface area (TPSA) is 77.4 Å². The lowest BCUT2D eigenvalue weighted by Crippen LogP contribution is -2.24. The predicted molar refractivity (Wildman–Crippen MR) is 185 cm³/mol. The van der Waals surface area contributed by atoms with Crippen LogP contribution in [0.4, 0.5) is 0 Å². The van der Waals surface area contributed by atoms with E-state index >= 15 is 0 Å². The quantitative estimate of drug-likeness (QED) is 0.0821. The van der Waals surface area contributed by atoms with E-state index in [2.05, 4.69) is 81.4 Å². The Morgan fingerprint density at radius 2 is 1.02 bits per heavy atom. The van der Waals surface area contributed by atoms with Crippen LogP contribution in [0, 0.1) is 6.92 Å². The Morgan fingerprint density at radius 1 is 0.543 bits per heavy atom. The lowest BCUT2D eigenvalue weighted by Gasteiger charge is -2.26. The number of fused-ring (bicyclic) bond motifs is 2. The molecule has 0 saturated heterocycles. The average molecular weight is 623 g/mol. The van der Waals surface area contributed by atoms with E-state index in [1.54, 1.807) is 0 Å². The lowest BCUT2D eigenvalue weighted by molar-refractivity contribution is 0.000276. The Bertz CT molecular complexity index is 1660. The zero-order valence-corrected chi connectivity index (χ0v) is 27.2. The molecule has 5 aromatic rings. The Labute approximate surface area is 272 Å². The molecule has 0 aliphatic carbocycles. The van der Waals surface area contributed by atoms with Gasteiger partial charge in [0, 0.05) is 18.6 Å². The largest absolute Gasteiger partial charge is 0.491 e. The van der Waals surface area contributed by atoms with Gasteiger partial charge in [-0.3, -0.25) is 0 Å². The highest BCUT2D eigenvalue weighted by atomic mass is 16.5. The van der Waals surface area contributed by atoms with Gasteiger partial charge in [0.1, 0.15) is 36.9 Å². The number of hydrogen-bond donors (Lipinski definition) is 2. The van der Waals surface area contributed by atoms with Gasteiger partial charge >= 0.3 is 0 Å². The Hall–Kier alpha value is -3.94. The third kappa shape index (κ3) is 9.30. The predicted octanol–water partition coefficient (Wildman–Crippen LogP) is 7.62. The van der Waals surface area contributed by atoms with Crippen LogP contribution in [-0.4, -0.2) is 62.1 Å². The number of aryl methyl sites for hydroxylation is 1. The van der Waals surface area contributed by atoms with Crippen LogP contribution < -0.4 is 9.47 Å². The summed E-state index contributed by atoms with van der Waals surface area (Å²) in [5.41, 5.74) is 3.60. The van der Waals surface area contributed by atoms with Crippen molar-refractivity contribution in [2.75, 3.05) is 39.6 Å². The first-order valence-corrected chi connectivity index (χ1v) is 16.2. The number of hydrogen-bond acceptors (Lipinski definition) is 6. The molecule has 2 N–H and O–H groups in total. The molecule has 242 valence electrons. The Kier molecular flexibility index (Phi) is 11.7. The monoisotopic (exact) mass is 622 g/mol. The third-order valence-electron chi connectivity index (χ3n) is 8.36. The van der Waals surface area contributed by atoms with Gasteiger partial charge in [-0.05, 0) is 88.8 Å². The molecule has 5 aromatic carbocycles. The van der Waals surface area contributed by atoms with Gasteiger partial charge < -0.3 is 29.2 Å². The minimum Gasteiger partial charge on any atom is -0.491 e. The zero-order valence-electron chi connectivity index (χ0n) is 27.2. The van der Waals surface area contributed by atoms with E-state index in [-0.39, 0.29) is 31.8 Å². The number of rotatable bonds is 17. The maximum atomic E-state index is 10.3. The van der Waals surface area contributed by atoms with Crippen LogP contribution in [0.15, 0.2) is 103 Å². The summed E-state index contributed by atoms with van der Waals surface area (Å²) in [5, 5.41) is 25.2. The smallest absolute Gasteiger partial charge is 0.120 e. The average Bonchev–Trinajstić information content (AvgIpc) is 3.07. The molecular weight excluding hydrogens is 576 g/mol. The van der Waals surface area contributed by atoms with E-state index in [0.29, 0.717) is 13.2 Å². The zero-order chi connectivity index (χ0) is 32.4. The van der Waals surface area contributed by atoms with Crippen LogP contribution in [0.2, 0.25) is 0 Å². The van der Waals surface area contributed by atoms with Crippen molar-refractivity contribution in [1.29, 1.82) is 0 Å². The summed E-state index contributed by atoms with van der Waals surface area (Å²) >= 11 is 0. The molecule has 0 bridgehead atoms. The van der Waals surface area contributed by atoms with Crippen LogP contribution >= 0.6 is 0 Å². The molecule has 0 aliphatic heterocycles. The second-order valence-electron chi connectivity index (χ2n) is 12.5. The molecule has 0 heterocycles. The van der Waals surface area contributed by atoms with Gasteiger partial charge in [-0.1, -0.05) is 86.1 Å². The van der Waals surface area contributed by atoms with Crippen molar-refractivity contribution in [3.63, 3.8) is 0 Å². The fraction of sp³-hybridized carbons (Fsp3) is 0.350. The molecule has 6 nitrogen and oxygen atoms in total. The van der Waals surface area contributed by atoms with Gasteiger partial charge in [0.2, 0.25) is 0 Å². The molecule has 2 atom stereocenters. The molecule has 0 amide bonds. The fourth-order valence-corrected chi connectivity index (χ4v) is 5.44. The van der Waals surface area contributed by atoms with Gasteiger partial charge in [0.25, 0.3) is 0 Å². The SMILES string of the molecule is Cc1ccc(C(C)(C)c2ccc(OCC(O)COCCCCOCC(O)COc3ccc4cc5ccccc5cc4c3)cc2)cc1. The maximum absolute atomic E-state index is 10.3. The Morgan fingerprint density at radius 3 is 1.61 bits per heavy atom. The van der Waals surface area contributed by atoms with Crippen molar-refractivity contribution < 1.29 is 29.2 Å². The van der Waals surface area contributed by atoms with Crippen molar-refractivity contribution in [2.24, 2.45) is 0 Å². The van der Waals surface area contributed by atoms with Crippen LogP contribution in [0.5, 0.6) is 11.5 Å². The first kappa shape index (κ1) is 33.4. The standard InChI is InChI=1S/C40H46O6/c1-29-10-13-34(14-11-29)40(2,3)35-15-18-38(19-16-35)45-27-36(41)25-43-20-6-7-21-44-26-37(42)28-46-39-17-12-32-22-30-8-4-5-9-31(30)23-33(32)24-39/h4-5,8-19,22-24,36-37,41-42H,6-7,20-21,25-28H2,1-3H3. The van der Waals surface area contributed by atoms with Crippen molar-refractivity contribution >= 4 is 21.5 Å². The summed E-state index contributed by atoms with van der Waals surface area (Å²) < 4.78 is 22.9. The van der Waals surface area contributed by atoms with Crippen molar-refractivity contribution in [2.45, 2.75) is 51.2 Å². The second-order valence-corrected chi connectivity index (χ2v) is 12.5. The molecule has 0 aliphatic rings. The normalized spacial score (nSPS) is 13.2. The molecule has 5 rings (SSSR count). The summed E-state index contributed by atoms with van der Waals surface area (Å²) in [6.07, 6.45) is 0.167. The lowest BCUT2D eigenvalue weighted by atomic mass is 9.78. The summed E-state index contributed by atoms with van der Waals surface area (Å²) in [4.78, 5) is 0. The molecular formula is C40H46O6.